The van der Waals surface area contributed by atoms with Crippen molar-refractivity contribution in [3.05, 3.63) is 29.3 Å². The molecule has 6 heteroatoms. The summed E-state index contributed by atoms with van der Waals surface area (Å²) in [7, 11) is 1.29. The lowest BCUT2D eigenvalue weighted by Gasteiger charge is -2.11. The van der Waals surface area contributed by atoms with E-state index in [1.54, 1.807) is 6.92 Å². The molecule has 1 aromatic rings. The first kappa shape index (κ1) is 15.9. The Morgan fingerprint density at radius 3 is 2.74 bits per heavy atom. The largest absolute Gasteiger partial charge is 0.467 e. The summed E-state index contributed by atoms with van der Waals surface area (Å²) >= 11 is 7.51. The van der Waals surface area contributed by atoms with Crippen LogP contribution in [0.15, 0.2) is 29.2 Å². The van der Waals surface area contributed by atoms with Crippen LogP contribution in [0.4, 0.5) is 0 Å². The standard InChI is InChI=1S/C13H16ClNO3S/c1-9(13(17)18-2)15-12(16)7-8-19-11-6-4-3-5-10(11)14/h3-6,9H,7-8H2,1-2H3,(H,15,16). The number of hydrogen-bond donors (Lipinski definition) is 1. The lowest BCUT2D eigenvalue weighted by Crippen LogP contribution is -2.39. The topological polar surface area (TPSA) is 55.4 Å². The Morgan fingerprint density at radius 2 is 2.11 bits per heavy atom. The van der Waals surface area contributed by atoms with Gasteiger partial charge in [0, 0.05) is 17.1 Å². The van der Waals surface area contributed by atoms with Crippen LogP contribution in [0, 0.1) is 0 Å². The molecule has 0 aliphatic rings. The second-order valence-electron chi connectivity index (χ2n) is 3.84. The van der Waals surface area contributed by atoms with Crippen LogP contribution in [0.5, 0.6) is 0 Å². The van der Waals surface area contributed by atoms with Crippen molar-refractivity contribution >= 4 is 35.2 Å². The number of thioether (sulfide) groups is 1. The van der Waals surface area contributed by atoms with Crippen molar-refractivity contribution < 1.29 is 14.3 Å². The molecule has 19 heavy (non-hydrogen) atoms. The van der Waals surface area contributed by atoms with Gasteiger partial charge in [-0.05, 0) is 19.1 Å². The van der Waals surface area contributed by atoms with Crippen molar-refractivity contribution in [2.24, 2.45) is 0 Å². The number of nitrogens with one attached hydrogen (secondary N) is 1. The molecule has 1 aromatic carbocycles. The molecule has 1 rings (SSSR count). The van der Waals surface area contributed by atoms with Crippen LogP contribution >= 0.6 is 23.4 Å². The zero-order valence-electron chi connectivity index (χ0n) is 10.8. The van der Waals surface area contributed by atoms with Gasteiger partial charge in [-0.1, -0.05) is 23.7 Å². The number of rotatable bonds is 6. The highest BCUT2D eigenvalue weighted by molar-refractivity contribution is 7.99. The van der Waals surface area contributed by atoms with E-state index < -0.39 is 12.0 Å². The summed E-state index contributed by atoms with van der Waals surface area (Å²) < 4.78 is 4.53. The molecule has 0 radical (unpaired) electrons. The molecule has 0 bridgehead atoms. The molecule has 1 N–H and O–H groups in total. The molecule has 0 saturated heterocycles. The van der Waals surface area contributed by atoms with E-state index in [2.05, 4.69) is 10.1 Å². The van der Waals surface area contributed by atoms with E-state index >= 15 is 0 Å². The van der Waals surface area contributed by atoms with Crippen molar-refractivity contribution in [2.75, 3.05) is 12.9 Å². The van der Waals surface area contributed by atoms with Crippen LogP contribution < -0.4 is 5.32 Å². The minimum atomic E-state index is -0.622. The van der Waals surface area contributed by atoms with Crippen LogP contribution in [0.2, 0.25) is 5.02 Å². The van der Waals surface area contributed by atoms with Gasteiger partial charge in [0.2, 0.25) is 5.91 Å². The van der Waals surface area contributed by atoms with Gasteiger partial charge in [-0.15, -0.1) is 11.8 Å². The van der Waals surface area contributed by atoms with E-state index in [9.17, 15) is 9.59 Å². The maximum absolute atomic E-state index is 11.6. The Bertz CT molecular complexity index is 453. The Balaban J connectivity index is 2.32. The normalized spacial score (nSPS) is 11.7. The number of halogens is 1. The molecule has 0 aliphatic carbocycles. The van der Waals surface area contributed by atoms with E-state index in [0.717, 1.165) is 4.90 Å². The van der Waals surface area contributed by atoms with Gasteiger partial charge in [-0.25, -0.2) is 4.79 Å². The maximum atomic E-state index is 11.6. The SMILES string of the molecule is COC(=O)C(C)NC(=O)CCSc1ccccc1Cl. The van der Waals surface area contributed by atoms with Crippen molar-refractivity contribution in [3.8, 4) is 0 Å². The second-order valence-corrected chi connectivity index (χ2v) is 5.39. The van der Waals surface area contributed by atoms with Crippen molar-refractivity contribution in [2.45, 2.75) is 24.3 Å². The fourth-order valence-electron chi connectivity index (χ4n) is 1.36. The summed E-state index contributed by atoms with van der Waals surface area (Å²) in [5.41, 5.74) is 0. The number of esters is 1. The molecule has 1 amide bonds. The molecule has 0 heterocycles. The van der Waals surface area contributed by atoms with Crippen LogP contribution in [0.25, 0.3) is 0 Å². The molecular weight excluding hydrogens is 286 g/mol. The summed E-state index contributed by atoms with van der Waals surface area (Å²) in [5, 5.41) is 3.25. The highest BCUT2D eigenvalue weighted by atomic mass is 35.5. The number of hydrogen-bond acceptors (Lipinski definition) is 4. The quantitative estimate of drug-likeness (QED) is 0.648. The smallest absolute Gasteiger partial charge is 0.328 e. The predicted molar refractivity (Wildman–Crippen MR) is 76.4 cm³/mol. The van der Waals surface area contributed by atoms with Gasteiger partial charge in [-0.3, -0.25) is 4.79 Å². The van der Waals surface area contributed by atoms with Gasteiger partial charge < -0.3 is 10.1 Å². The number of methoxy groups -OCH3 is 1. The van der Waals surface area contributed by atoms with Crippen LogP contribution in [0.1, 0.15) is 13.3 Å². The van der Waals surface area contributed by atoms with Gasteiger partial charge in [0.25, 0.3) is 0 Å². The zero-order chi connectivity index (χ0) is 14.3. The zero-order valence-corrected chi connectivity index (χ0v) is 12.4. The monoisotopic (exact) mass is 301 g/mol. The van der Waals surface area contributed by atoms with Crippen LogP contribution in [0.3, 0.4) is 0 Å². The van der Waals surface area contributed by atoms with Crippen LogP contribution in [-0.4, -0.2) is 30.8 Å². The number of benzene rings is 1. The Morgan fingerprint density at radius 1 is 1.42 bits per heavy atom. The lowest BCUT2D eigenvalue weighted by molar-refractivity contribution is -0.144. The van der Waals surface area contributed by atoms with Gasteiger partial charge in [0.05, 0.1) is 12.1 Å². The average Bonchev–Trinajstić information content (AvgIpc) is 2.40. The minimum absolute atomic E-state index is 0.183. The van der Waals surface area contributed by atoms with E-state index in [-0.39, 0.29) is 5.91 Å². The van der Waals surface area contributed by atoms with E-state index in [4.69, 9.17) is 11.6 Å². The van der Waals surface area contributed by atoms with Crippen LogP contribution in [-0.2, 0) is 14.3 Å². The second kappa shape index (κ2) is 8.07. The summed E-state index contributed by atoms with van der Waals surface area (Å²) in [4.78, 5) is 23.7. The van der Waals surface area contributed by atoms with Crippen molar-refractivity contribution in [3.63, 3.8) is 0 Å². The molecule has 1 atom stereocenters. The molecule has 0 aliphatic heterocycles. The summed E-state index contributed by atoms with van der Waals surface area (Å²) in [5.74, 6) is -0.0340. The van der Waals surface area contributed by atoms with E-state index in [0.29, 0.717) is 17.2 Å². The highest BCUT2D eigenvalue weighted by Crippen LogP contribution is 2.26. The third kappa shape index (κ3) is 5.53. The minimum Gasteiger partial charge on any atom is -0.467 e. The van der Waals surface area contributed by atoms with Crippen molar-refractivity contribution in [1.82, 2.24) is 5.32 Å². The third-order valence-electron chi connectivity index (χ3n) is 2.36. The van der Waals surface area contributed by atoms with Gasteiger partial charge in [0.1, 0.15) is 6.04 Å². The van der Waals surface area contributed by atoms with E-state index in [1.807, 2.05) is 24.3 Å². The fourth-order valence-corrected chi connectivity index (χ4v) is 2.55. The first-order valence-corrected chi connectivity index (χ1v) is 7.15. The number of carbonyl (C=O) groups is 2. The molecule has 1 unspecified atom stereocenters. The molecular formula is C13H16ClNO3S. The Kier molecular flexibility index (Phi) is 6.73. The number of ether oxygens (including phenoxy) is 1. The number of carbonyl (C=O) groups excluding carboxylic acids is 2. The lowest BCUT2D eigenvalue weighted by atomic mass is 10.3. The highest BCUT2D eigenvalue weighted by Gasteiger charge is 2.15. The van der Waals surface area contributed by atoms with E-state index in [1.165, 1.54) is 18.9 Å². The summed E-state index contributed by atoms with van der Waals surface area (Å²) in [6.45, 7) is 1.59. The molecule has 0 aromatic heterocycles. The number of amides is 1. The van der Waals surface area contributed by atoms with Crippen molar-refractivity contribution in [1.29, 1.82) is 0 Å². The van der Waals surface area contributed by atoms with Gasteiger partial charge in [0.15, 0.2) is 0 Å². The molecule has 4 nitrogen and oxygen atoms in total. The Hall–Kier alpha value is -1.20. The first-order valence-electron chi connectivity index (χ1n) is 5.79. The van der Waals surface area contributed by atoms with Gasteiger partial charge in [-0.2, -0.15) is 0 Å². The third-order valence-corrected chi connectivity index (χ3v) is 3.87. The molecule has 104 valence electrons. The summed E-state index contributed by atoms with van der Waals surface area (Å²) in [6, 6.07) is 6.85. The van der Waals surface area contributed by atoms with Gasteiger partial charge >= 0.3 is 5.97 Å². The summed E-state index contributed by atoms with van der Waals surface area (Å²) in [6.07, 6.45) is 0.317. The first-order chi connectivity index (χ1) is 9.04. The maximum Gasteiger partial charge on any atom is 0.328 e. The predicted octanol–water partition coefficient (Wildman–Crippen LogP) is 2.50. The average molecular weight is 302 g/mol. The Labute approximate surface area is 121 Å². The molecule has 0 spiro atoms. The molecule has 0 fully saturated rings. The molecule has 0 saturated carbocycles. The fraction of sp³-hybridized carbons (Fsp3) is 0.385.